The Kier molecular flexibility index (Phi) is 11.7. The molecule has 2 aliphatic rings. The Morgan fingerprint density at radius 1 is 1.10 bits per heavy atom. The highest BCUT2D eigenvalue weighted by molar-refractivity contribution is 7.44. The maximum Gasteiger partial charge on any atom is 0.371 e. The van der Waals surface area contributed by atoms with E-state index in [1.165, 1.54) is 33.3 Å². The molecule has 0 saturated heterocycles. The summed E-state index contributed by atoms with van der Waals surface area (Å²) in [5.41, 5.74) is 1.86. The average molecular weight is 588 g/mol. The molecule has 0 fully saturated rings. The van der Waals surface area contributed by atoms with E-state index in [1.807, 2.05) is 0 Å². The first kappa shape index (κ1) is 32.5. The van der Waals surface area contributed by atoms with Crippen LogP contribution in [0.5, 0.6) is 5.75 Å². The fourth-order valence-corrected chi connectivity index (χ4v) is 5.73. The van der Waals surface area contributed by atoms with Crippen LogP contribution in [0.25, 0.3) is 22.6 Å². The summed E-state index contributed by atoms with van der Waals surface area (Å²) >= 11 is 0. The van der Waals surface area contributed by atoms with Crippen molar-refractivity contribution >= 4 is 25.6 Å². The van der Waals surface area contributed by atoms with Gasteiger partial charge in [0.25, 0.3) is 14.3 Å². The van der Waals surface area contributed by atoms with Gasteiger partial charge in [0.1, 0.15) is 17.0 Å². The lowest BCUT2D eigenvalue weighted by Gasteiger charge is -2.35. The van der Waals surface area contributed by atoms with Crippen molar-refractivity contribution in [2.75, 3.05) is 27.4 Å². The number of carbonyl (C=O) groups excluding carboxylic acids is 1. The number of rotatable bonds is 15. The van der Waals surface area contributed by atoms with Gasteiger partial charge in [0.2, 0.25) is 0 Å². The molecule has 1 aromatic carbocycles. The Morgan fingerprint density at radius 3 is 2.41 bits per heavy atom. The fourth-order valence-electron chi connectivity index (χ4n) is 4.11. The van der Waals surface area contributed by atoms with Crippen LogP contribution in [0, 0.1) is 11.3 Å². The van der Waals surface area contributed by atoms with Crippen molar-refractivity contribution in [1.82, 2.24) is 9.65 Å². The normalized spacial score (nSPS) is 12.9. The largest absolute Gasteiger partial charge is 0.453 e. The van der Waals surface area contributed by atoms with Crippen molar-refractivity contribution in [1.29, 1.82) is 5.26 Å². The van der Waals surface area contributed by atoms with Crippen LogP contribution in [0.2, 0.25) is 0 Å². The molecular formula is C29H38N3O8P. The number of hydrogen-bond acceptors (Lipinski definition) is 11. The summed E-state index contributed by atoms with van der Waals surface area (Å²) in [4.78, 5) is 29.9. The van der Waals surface area contributed by atoms with Gasteiger partial charge in [-0.05, 0) is 58.7 Å². The first-order chi connectivity index (χ1) is 19.5. The van der Waals surface area contributed by atoms with Crippen molar-refractivity contribution < 1.29 is 32.5 Å². The Labute approximate surface area is 241 Å². The number of aryl methyl sites for hydroxylation is 1. The van der Waals surface area contributed by atoms with Crippen LogP contribution in [0.4, 0.5) is 0 Å². The molecule has 222 valence electrons. The summed E-state index contributed by atoms with van der Waals surface area (Å²) in [6.07, 6.45) is 1.39. The van der Waals surface area contributed by atoms with Crippen LogP contribution < -0.4 is 10.2 Å². The summed E-state index contributed by atoms with van der Waals surface area (Å²) in [6, 6.07) is 10.4. The summed E-state index contributed by atoms with van der Waals surface area (Å²) in [7, 11) is 1.35. The molecule has 12 heteroatoms. The van der Waals surface area contributed by atoms with Crippen molar-refractivity contribution in [3.63, 3.8) is 0 Å². The predicted molar refractivity (Wildman–Crippen MR) is 154 cm³/mol. The van der Waals surface area contributed by atoms with Crippen molar-refractivity contribution in [2.45, 2.75) is 71.8 Å². The van der Waals surface area contributed by atoms with E-state index >= 15 is 0 Å². The standard InChI is InChI=1S/C29H38N3O8P/c1-19(2)32(20(3)4)41(38-15-9-13-30)37-14-8-10-21-16-24-27(18-25(21)33)40-26-17-22(11-12-23(26)31-24)39-28(34)29(5,35-6)36-7/h11-12,16-20H,8-10,14-15H2,1-7H3. The molecule has 0 bridgehead atoms. The average Bonchev–Trinajstić information content (AvgIpc) is 2.93. The summed E-state index contributed by atoms with van der Waals surface area (Å²) in [5, 5.41) is 8.88. The molecule has 0 N–H and O–H groups in total. The van der Waals surface area contributed by atoms with Crippen molar-refractivity contribution in [3.8, 4) is 23.3 Å². The third-order valence-electron chi connectivity index (χ3n) is 6.35. The van der Waals surface area contributed by atoms with Crippen LogP contribution in [-0.4, -0.2) is 60.9 Å². The first-order valence-corrected chi connectivity index (χ1v) is 14.6. The number of nitrogens with zero attached hydrogens (tertiary/aromatic N) is 3. The molecule has 0 spiro atoms. The molecule has 1 aromatic rings. The molecule has 1 aliphatic heterocycles. The highest BCUT2D eigenvalue weighted by atomic mass is 31.2. The van der Waals surface area contributed by atoms with Gasteiger partial charge >= 0.3 is 5.97 Å². The van der Waals surface area contributed by atoms with Gasteiger partial charge in [0.15, 0.2) is 16.8 Å². The minimum absolute atomic E-state index is 0.167. The topological polar surface area (TPSA) is 133 Å². The Morgan fingerprint density at radius 2 is 1.78 bits per heavy atom. The molecule has 0 aromatic heterocycles. The summed E-state index contributed by atoms with van der Waals surface area (Å²) < 4.78 is 35.7. The van der Waals surface area contributed by atoms with Gasteiger partial charge < -0.3 is 27.7 Å². The second-order valence-corrected chi connectivity index (χ2v) is 11.5. The maximum atomic E-state index is 12.9. The van der Waals surface area contributed by atoms with E-state index in [-0.39, 0.29) is 23.3 Å². The number of hydrogen-bond donors (Lipinski definition) is 0. The second kappa shape index (κ2) is 14.8. The molecule has 41 heavy (non-hydrogen) atoms. The SMILES string of the molecule is COC(C)(OC)C(=O)Oc1ccc2nc3cc(CCCOP(OCCC#N)N(C(C)C)C(C)C)c(=O)cc-3oc2c1. The predicted octanol–water partition coefficient (Wildman–Crippen LogP) is 5.43. The van der Waals surface area contributed by atoms with Crippen molar-refractivity contribution in [3.05, 3.63) is 46.1 Å². The lowest BCUT2D eigenvalue weighted by atomic mass is 10.1. The monoisotopic (exact) mass is 587 g/mol. The molecule has 1 atom stereocenters. The number of methoxy groups -OCH3 is 2. The molecular weight excluding hydrogens is 549 g/mol. The van der Waals surface area contributed by atoms with Crippen LogP contribution in [-0.2, 0) is 29.7 Å². The molecule has 0 amide bonds. The van der Waals surface area contributed by atoms with Crippen molar-refractivity contribution in [2.24, 2.45) is 0 Å². The van der Waals surface area contributed by atoms with Gasteiger partial charge in [-0.3, -0.25) is 4.79 Å². The number of aromatic nitrogens is 1. The number of carbonyl (C=O) groups is 1. The fraction of sp³-hybridized carbons (Fsp3) is 0.517. The highest BCUT2D eigenvalue weighted by Crippen LogP contribution is 2.46. The minimum atomic E-state index is -1.55. The third kappa shape index (κ3) is 8.29. The van der Waals surface area contributed by atoms with E-state index in [0.29, 0.717) is 60.6 Å². The van der Waals surface area contributed by atoms with Gasteiger partial charge in [0.05, 0.1) is 25.7 Å². The van der Waals surface area contributed by atoms with Crippen LogP contribution in [0.3, 0.4) is 0 Å². The first-order valence-electron chi connectivity index (χ1n) is 13.4. The summed E-state index contributed by atoms with van der Waals surface area (Å²) in [6.45, 7) is 10.5. The Hall–Kier alpha value is -2.97. The minimum Gasteiger partial charge on any atom is -0.453 e. The van der Waals surface area contributed by atoms with Gasteiger partial charge in [0, 0.05) is 50.9 Å². The maximum absolute atomic E-state index is 12.9. The van der Waals surface area contributed by atoms with Crippen LogP contribution >= 0.6 is 8.53 Å². The lowest BCUT2D eigenvalue weighted by molar-refractivity contribution is -0.214. The number of benzene rings is 2. The second-order valence-electron chi connectivity index (χ2n) is 10.00. The van der Waals surface area contributed by atoms with E-state index in [1.54, 1.807) is 18.2 Å². The van der Waals surface area contributed by atoms with E-state index in [9.17, 15) is 9.59 Å². The third-order valence-corrected chi connectivity index (χ3v) is 8.46. The summed E-state index contributed by atoms with van der Waals surface area (Å²) in [5.74, 6) is -1.74. The molecule has 0 radical (unpaired) electrons. The molecule has 0 saturated carbocycles. The van der Waals surface area contributed by atoms with Crippen LogP contribution in [0.15, 0.2) is 39.5 Å². The number of nitriles is 1. The molecule has 1 aliphatic carbocycles. The van der Waals surface area contributed by atoms with E-state index in [0.717, 1.165) is 0 Å². The number of ether oxygens (including phenoxy) is 3. The Bertz CT molecular complexity index is 1370. The molecule has 1 heterocycles. The molecule has 1 unspecified atom stereocenters. The number of esters is 1. The van der Waals surface area contributed by atoms with Gasteiger partial charge in [-0.25, -0.2) is 14.4 Å². The molecule has 11 nitrogen and oxygen atoms in total. The van der Waals surface area contributed by atoms with E-state index < -0.39 is 20.3 Å². The zero-order valence-corrected chi connectivity index (χ0v) is 25.5. The van der Waals surface area contributed by atoms with E-state index in [2.05, 4.69) is 43.4 Å². The smallest absolute Gasteiger partial charge is 0.371 e. The van der Waals surface area contributed by atoms with Gasteiger partial charge in [-0.2, -0.15) is 5.26 Å². The van der Waals surface area contributed by atoms with E-state index in [4.69, 9.17) is 32.9 Å². The quantitative estimate of drug-likeness (QED) is 0.0562. The van der Waals surface area contributed by atoms with Gasteiger partial charge in [-0.1, -0.05) is 0 Å². The molecule has 3 rings (SSSR count). The zero-order valence-electron chi connectivity index (χ0n) is 24.6. The lowest BCUT2D eigenvalue weighted by Crippen LogP contribution is -2.42. The number of fused-ring (bicyclic) bond motifs is 2. The zero-order chi connectivity index (χ0) is 30.2. The van der Waals surface area contributed by atoms with Gasteiger partial charge in [-0.15, -0.1) is 0 Å². The highest BCUT2D eigenvalue weighted by Gasteiger charge is 2.35. The Balaban J connectivity index is 1.72. The van der Waals surface area contributed by atoms with Crippen LogP contribution in [0.1, 0.15) is 53.0 Å².